The van der Waals surface area contributed by atoms with Gasteiger partial charge in [-0.1, -0.05) is 18.2 Å². The minimum atomic E-state index is -0.824. The lowest BCUT2D eigenvalue weighted by Gasteiger charge is -2.30. The number of amides is 1. The first-order valence-electron chi connectivity index (χ1n) is 7.03. The summed E-state index contributed by atoms with van der Waals surface area (Å²) >= 11 is 0. The maximum atomic E-state index is 12.3. The lowest BCUT2D eigenvalue weighted by atomic mass is 10.1. The molecule has 0 aromatic heterocycles. The van der Waals surface area contributed by atoms with Gasteiger partial charge in [0.1, 0.15) is 17.6 Å². The third-order valence-electron chi connectivity index (χ3n) is 3.19. The van der Waals surface area contributed by atoms with Gasteiger partial charge in [0.15, 0.2) is 0 Å². The van der Waals surface area contributed by atoms with Crippen molar-refractivity contribution in [2.45, 2.75) is 25.8 Å². The fourth-order valence-corrected chi connectivity index (χ4v) is 2.18. The third kappa shape index (κ3) is 4.32. The zero-order chi connectivity index (χ0) is 16.8. The summed E-state index contributed by atoms with van der Waals surface area (Å²) in [5.74, 6) is -0.422. The van der Waals surface area contributed by atoms with Crippen LogP contribution < -0.4 is 4.74 Å². The smallest absolute Gasteiger partial charge is 0.420 e. The summed E-state index contributed by atoms with van der Waals surface area (Å²) in [6.45, 7) is 1.26. The Morgan fingerprint density at radius 3 is 2.43 bits per heavy atom. The zero-order valence-electron chi connectivity index (χ0n) is 12.9. The topological polar surface area (TPSA) is 82.1 Å². The van der Waals surface area contributed by atoms with Crippen molar-refractivity contribution in [2.75, 3.05) is 7.11 Å². The molecule has 7 heteroatoms. The molecule has 0 N–H and O–H groups in total. The van der Waals surface area contributed by atoms with E-state index in [1.165, 1.54) is 20.2 Å². The molecule has 7 nitrogen and oxygen atoms in total. The van der Waals surface area contributed by atoms with Gasteiger partial charge < -0.3 is 14.2 Å². The highest BCUT2D eigenvalue weighted by molar-refractivity contribution is 5.83. The van der Waals surface area contributed by atoms with Crippen LogP contribution in [0.15, 0.2) is 42.3 Å². The van der Waals surface area contributed by atoms with E-state index in [1.807, 2.05) is 0 Å². The molecule has 0 saturated carbocycles. The number of para-hydroxylation sites is 1. The molecule has 0 saturated heterocycles. The molecule has 0 bridgehead atoms. The number of carbonyl (C=O) groups excluding carboxylic acids is 3. The Bertz CT molecular complexity index is 625. The maximum absolute atomic E-state index is 12.3. The van der Waals surface area contributed by atoms with Crippen LogP contribution in [-0.4, -0.2) is 36.1 Å². The molecule has 122 valence electrons. The Morgan fingerprint density at radius 1 is 1.13 bits per heavy atom. The van der Waals surface area contributed by atoms with Gasteiger partial charge in [0.25, 0.3) is 0 Å². The average molecular weight is 319 g/mol. The van der Waals surface area contributed by atoms with Gasteiger partial charge >= 0.3 is 18.0 Å². The Hall–Kier alpha value is -2.83. The molecule has 2 rings (SSSR count). The van der Waals surface area contributed by atoms with Crippen molar-refractivity contribution in [2.24, 2.45) is 0 Å². The first kappa shape index (κ1) is 16.5. The van der Waals surface area contributed by atoms with Gasteiger partial charge in [0, 0.05) is 19.5 Å². The second-order valence-electron chi connectivity index (χ2n) is 4.85. The molecule has 23 heavy (non-hydrogen) atoms. The molecule has 1 aliphatic heterocycles. The number of esters is 2. The summed E-state index contributed by atoms with van der Waals surface area (Å²) in [5.41, 5.74) is 0. The van der Waals surface area contributed by atoms with Gasteiger partial charge in [-0.2, -0.15) is 0 Å². The predicted octanol–water partition coefficient (Wildman–Crippen LogP) is 2.23. The molecule has 0 spiro atoms. The van der Waals surface area contributed by atoms with Crippen molar-refractivity contribution in [3.8, 4) is 5.75 Å². The molecule has 1 atom stereocenters. The van der Waals surface area contributed by atoms with Crippen molar-refractivity contribution >= 4 is 18.0 Å². The minimum Gasteiger partial charge on any atom is -0.467 e. The van der Waals surface area contributed by atoms with Gasteiger partial charge in [-0.3, -0.25) is 9.69 Å². The Morgan fingerprint density at radius 2 is 1.83 bits per heavy atom. The second kappa shape index (κ2) is 7.44. The number of hydrogen-bond acceptors (Lipinski definition) is 6. The molecule has 1 heterocycles. The van der Waals surface area contributed by atoms with E-state index < -0.39 is 24.1 Å². The summed E-state index contributed by atoms with van der Waals surface area (Å²) in [6, 6.07) is 7.63. The molecule has 1 aromatic rings. The fourth-order valence-electron chi connectivity index (χ4n) is 2.18. The van der Waals surface area contributed by atoms with E-state index in [1.54, 1.807) is 30.3 Å². The Kier molecular flexibility index (Phi) is 5.35. The van der Waals surface area contributed by atoms with Gasteiger partial charge in [-0.25, -0.2) is 9.59 Å². The average Bonchev–Trinajstić information content (AvgIpc) is 2.54. The molecular formula is C16H17NO6. The van der Waals surface area contributed by atoms with E-state index in [2.05, 4.69) is 0 Å². The van der Waals surface area contributed by atoms with Gasteiger partial charge in [0.05, 0.1) is 7.11 Å². The van der Waals surface area contributed by atoms with E-state index in [9.17, 15) is 14.4 Å². The number of ether oxygens (including phenoxy) is 3. The Labute approximate surface area is 133 Å². The van der Waals surface area contributed by atoms with Crippen molar-refractivity contribution in [1.29, 1.82) is 0 Å². The number of nitrogens with zero attached hydrogens (tertiary/aromatic N) is 1. The normalized spacial score (nSPS) is 17.0. The molecule has 1 amide bonds. The van der Waals surface area contributed by atoms with Gasteiger partial charge in [-0.05, 0) is 18.6 Å². The third-order valence-corrected chi connectivity index (χ3v) is 3.19. The molecule has 0 aliphatic carbocycles. The summed E-state index contributed by atoms with van der Waals surface area (Å²) in [6.07, 6.45) is 1.16. The summed E-state index contributed by atoms with van der Waals surface area (Å²) in [5, 5.41) is 0. The number of benzene rings is 1. The zero-order valence-corrected chi connectivity index (χ0v) is 12.9. The minimum absolute atomic E-state index is 0.273. The maximum Gasteiger partial charge on any atom is 0.420 e. The number of carbonyl (C=O) groups is 3. The van der Waals surface area contributed by atoms with Crippen LogP contribution in [0.1, 0.15) is 19.8 Å². The first-order valence-corrected chi connectivity index (χ1v) is 7.03. The van der Waals surface area contributed by atoms with Crippen LogP contribution in [0.2, 0.25) is 0 Å². The highest BCUT2D eigenvalue weighted by atomic mass is 16.6. The molecule has 1 aliphatic rings. The van der Waals surface area contributed by atoms with Crippen LogP contribution >= 0.6 is 0 Å². The second-order valence-corrected chi connectivity index (χ2v) is 4.85. The quantitative estimate of drug-likeness (QED) is 0.795. The Balaban J connectivity index is 2.21. The van der Waals surface area contributed by atoms with Crippen LogP contribution in [0.25, 0.3) is 0 Å². The number of rotatable bonds is 3. The standard InChI is InChI=1S/C16H17NO6/c1-11(18)22-13-8-9-14(15(19)21-2)17(10-13)16(20)23-12-6-4-3-5-7-12/h3-7,10,14H,8-9H2,1-2H3/t14-/m0/s1. The molecule has 0 radical (unpaired) electrons. The van der Waals surface area contributed by atoms with E-state index in [0.29, 0.717) is 17.9 Å². The van der Waals surface area contributed by atoms with E-state index in [-0.39, 0.29) is 6.42 Å². The van der Waals surface area contributed by atoms with Crippen LogP contribution in [-0.2, 0) is 19.1 Å². The summed E-state index contributed by atoms with van der Waals surface area (Å²) < 4.78 is 14.9. The number of hydrogen-bond donors (Lipinski definition) is 0. The number of allylic oxidation sites excluding steroid dienone is 1. The van der Waals surface area contributed by atoms with E-state index in [4.69, 9.17) is 14.2 Å². The lowest BCUT2D eigenvalue weighted by molar-refractivity contribution is -0.146. The largest absolute Gasteiger partial charge is 0.467 e. The monoisotopic (exact) mass is 319 g/mol. The molecule has 0 unspecified atom stereocenters. The molecule has 0 fully saturated rings. The van der Waals surface area contributed by atoms with Crippen molar-refractivity contribution < 1.29 is 28.6 Å². The number of methoxy groups -OCH3 is 1. The van der Waals surface area contributed by atoms with Crippen LogP contribution in [0.4, 0.5) is 4.79 Å². The predicted molar refractivity (Wildman–Crippen MR) is 79.2 cm³/mol. The van der Waals surface area contributed by atoms with Crippen LogP contribution in [0.3, 0.4) is 0 Å². The van der Waals surface area contributed by atoms with Crippen LogP contribution in [0, 0.1) is 0 Å². The van der Waals surface area contributed by atoms with E-state index >= 15 is 0 Å². The fraction of sp³-hybridized carbons (Fsp3) is 0.312. The SMILES string of the molecule is COC(=O)[C@@H]1CCC(OC(C)=O)=CN1C(=O)Oc1ccccc1. The summed E-state index contributed by atoms with van der Waals surface area (Å²) in [7, 11) is 1.24. The summed E-state index contributed by atoms with van der Waals surface area (Å²) in [4.78, 5) is 36.3. The van der Waals surface area contributed by atoms with Gasteiger partial charge in [-0.15, -0.1) is 0 Å². The molecular weight excluding hydrogens is 302 g/mol. The lowest BCUT2D eigenvalue weighted by Crippen LogP contribution is -2.45. The molecule has 1 aromatic carbocycles. The van der Waals surface area contributed by atoms with Crippen molar-refractivity contribution in [1.82, 2.24) is 4.90 Å². The first-order chi connectivity index (χ1) is 11.0. The van der Waals surface area contributed by atoms with Crippen molar-refractivity contribution in [3.05, 3.63) is 42.3 Å². The van der Waals surface area contributed by atoms with Gasteiger partial charge in [0.2, 0.25) is 0 Å². The highest BCUT2D eigenvalue weighted by Crippen LogP contribution is 2.24. The van der Waals surface area contributed by atoms with Crippen molar-refractivity contribution in [3.63, 3.8) is 0 Å². The highest BCUT2D eigenvalue weighted by Gasteiger charge is 2.35. The van der Waals surface area contributed by atoms with Crippen LogP contribution in [0.5, 0.6) is 5.75 Å². The van der Waals surface area contributed by atoms with E-state index in [0.717, 1.165) is 4.90 Å².